The highest BCUT2D eigenvalue weighted by Gasteiger charge is 2.01. The highest BCUT2D eigenvalue weighted by Crippen LogP contribution is 2.14. The van der Waals surface area contributed by atoms with Crippen molar-refractivity contribution in [2.45, 2.75) is 19.8 Å². The summed E-state index contributed by atoms with van der Waals surface area (Å²) in [6.45, 7) is 2.16. The number of hydrogen-bond donors (Lipinski definition) is 2. The zero-order valence-corrected chi connectivity index (χ0v) is 9.14. The van der Waals surface area contributed by atoms with Gasteiger partial charge in [-0.25, -0.2) is 4.98 Å². The Morgan fingerprint density at radius 2 is 2.29 bits per heavy atom. The SMILES string of the molecule is CCc1ccc2nc(CCS)[nH]c2c1. The van der Waals surface area contributed by atoms with Crippen LogP contribution in [0, 0.1) is 0 Å². The first-order valence-corrected chi connectivity index (χ1v) is 5.55. The molecule has 2 aromatic rings. The number of aryl methyl sites for hydroxylation is 2. The summed E-state index contributed by atoms with van der Waals surface area (Å²) >= 11 is 4.19. The molecule has 1 aromatic carbocycles. The molecule has 1 heterocycles. The van der Waals surface area contributed by atoms with Crippen molar-refractivity contribution in [1.29, 1.82) is 0 Å². The first-order chi connectivity index (χ1) is 6.83. The number of fused-ring (bicyclic) bond motifs is 1. The number of benzene rings is 1. The Morgan fingerprint density at radius 3 is 3.00 bits per heavy atom. The average molecular weight is 206 g/mol. The summed E-state index contributed by atoms with van der Waals surface area (Å²) in [5, 5.41) is 0. The van der Waals surface area contributed by atoms with Crippen LogP contribution in [0.1, 0.15) is 18.3 Å². The lowest BCUT2D eigenvalue weighted by molar-refractivity contribution is 1.01. The fraction of sp³-hybridized carbons (Fsp3) is 0.364. The van der Waals surface area contributed by atoms with Crippen LogP contribution >= 0.6 is 12.6 Å². The molecule has 0 atom stereocenters. The van der Waals surface area contributed by atoms with E-state index in [4.69, 9.17) is 0 Å². The molecule has 0 unspecified atom stereocenters. The second kappa shape index (κ2) is 4.05. The Labute approximate surface area is 89.2 Å². The third-order valence-electron chi connectivity index (χ3n) is 2.35. The number of H-pyrrole nitrogens is 1. The van der Waals surface area contributed by atoms with E-state index in [1.807, 2.05) is 0 Å². The van der Waals surface area contributed by atoms with Gasteiger partial charge in [0, 0.05) is 6.42 Å². The molecule has 0 radical (unpaired) electrons. The lowest BCUT2D eigenvalue weighted by Gasteiger charge is -1.93. The van der Waals surface area contributed by atoms with E-state index in [2.05, 4.69) is 47.7 Å². The molecule has 1 N–H and O–H groups in total. The molecular formula is C11H14N2S. The molecule has 2 nitrogen and oxygen atoms in total. The Hall–Kier alpha value is -0.960. The standard InChI is InChI=1S/C11H14N2S/c1-2-8-3-4-9-10(7-8)13-11(12-9)5-6-14/h3-4,7,14H,2,5-6H2,1H3,(H,12,13). The fourth-order valence-electron chi connectivity index (χ4n) is 1.55. The van der Waals surface area contributed by atoms with Crippen LogP contribution < -0.4 is 0 Å². The maximum Gasteiger partial charge on any atom is 0.108 e. The van der Waals surface area contributed by atoms with E-state index in [9.17, 15) is 0 Å². The first-order valence-electron chi connectivity index (χ1n) is 4.92. The van der Waals surface area contributed by atoms with Crippen molar-refractivity contribution in [3.05, 3.63) is 29.6 Å². The number of nitrogens with zero attached hydrogens (tertiary/aromatic N) is 1. The summed E-state index contributed by atoms with van der Waals surface area (Å²) in [7, 11) is 0. The Kier molecular flexibility index (Phi) is 2.77. The van der Waals surface area contributed by atoms with Gasteiger partial charge in [0.1, 0.15) is 5.82 Å². The molecule has 0 fully saturated rings. The number of aromatic amines is 1. The lowest BCUT2D eigenvalue weighted by Crippen LogP contribution is -1.87. The second-order valence-corrected chi connectivity index (χ2v) is 3.81. The summed E-state index contributed by atoms with van der Waals surface area (Å²) in [5.41, 5.74) is 3.54. The highest BCUT2D eigenvalue weighted by atomic mass is 32.1. The smallest absolute Gasteiger partial charge is 0.108 e. The van der Waals surface area contributed by atoms with Crippen molar-refractivity contribution in [1.82, 2.24) is 9.97 Å². The van der Waals surface area contributed by atoms with E-state index in [0.29, 0.717) is 0 Å². The van der Waals surface area contributed by atoms with Gasteiger partial charge in [-0.3, -0.25) is 0 Å². The molecule has 0 spiro atoms. The highest BCUT2D eigenvalue weighted by molar-refractivity contribution is 7.80. The van der Waals surface area contributed by atoms with Crippen molar-refractivity contribution in [2.24, 2.45) is 0 Å². The van der Waals surface area contributed by atoms with Gasteiger partial charge in [-0.05, 0) is 29.9 Å². The molecule has 0 aliphatic carbocycles. The number of hydrogen-bond acceptors (Lipinski definition) is 2. The van der Waals surface area contributed by atoms with Crippen LogP contribution in [0.5, 0.6) is 0 Å². The molecule has 0 bridgehead atoms. The average Bonchev–Trinajstić information content (AvgIpc) is 2.59. The van der Waals surface area contributed by atoms with Crippen molar-refractivity contribution in [3.8, 4) is 0 Å². The van der Waals surface area contributed by atoms with Gasteiger partial charge < -0.3 is 4.98 Å². The maximum absolute atomic E-state index is 4.47. The molecule has 0 amide bonds. The molecule has 14 heavy (non-hydrogen) atoms. The summed E-state index contributed by atoms with van der Waals surface area (Å²) in [5.74, 6) is 1.86. The number of thiol groups is 1. The molecule has 74 valence electrons. The maximum atomic E-state index is 4.47. The zero-order valence-electron chi connectivity index (χ0n) is 8.25. The molecular weight excluding hydrogens is 192 g/mol. The summed E-state index contributed by atoms with van der Waals surface area (Å²) in [4.78, 5) is 7.78. The van der Waals surface area contributed by atoms with Crippen LogP contribution in [-0.4, -0.2) is 15.7 Å². The number of aromatic nitrogens is 2. The molecule has 1 aromatic heterocycles. The van der Waals surface area contributed by atoms with Crippen LogP contribution in [0.4, 0.5) is 0 Å². The fourth-order valence-corrected chi connectivity index (χ4v) is 1.77. The van der Waals surface area contributed by atoms with Gasteiger partial charge in [0.25, 0.3) is 0 Å². The summed E-state index contributed by atoms with van der Waals surface area (Å²) in [6.07, 6.45) is 1.97. The van der Waals surface area contributed by atoms with E-state index in [-0.39, 0.29) is 0 Å². The number of nitrogens with one attached hydrogen (secondary N) is 1. The van der Waals surface area contributed by atoms with Crippen LogP contribution in [-0.2, 0) is 12.8 Å². The van der Waals surface area contributed by atoms with Gasteiger partial charge in [-0.1, -0.05) is 13.0 Å². The van der Waals surface area contributed by atoms with Crippen LogP contribution in [0.15, 0.2) is 18.2 Å². The van der Waals surface area contributed by atoms with Crippen LogP contribution in [0.2, 0.25) is 0 Å². The van der Waals surface area contributed by atoms with Gasteiger partial charge in [-0.15, -0.1) is 0 Å². The molecule has 2 rings (SSSR count). The number of imidazole rings is 1. The lowest BCUT2D eigenvalue weighted by atomic mass is 10.1. The third kappa shape index (κ3) is 1.77. The predicted molar refractivity (Wildman–Crippen MR) is 63.0 cm³/mol. The summed E-state index contributed by atoms with van der Waals surface area (Å²) < 4.78 is 0. The topological polar surface area (TPSA) is 28.7 Å². The quantitative estimate of drug-likeness (QED) is 0.742. The second-order valence-electron chi connectivity index (χ2n) is 3.36. The van der Waals surface area contributed by atoms with Gasteiger partial charge >= 0.3 is 0 Å². The van der Waals surface area contributed by atoms with Crippen molar-refractivity contribution in [3.63, 3.8) is 0 Å². The van der Waals surface area contributed by atoms with E-state index in [1.54, 1.807) is 0 Å². The monoisotopic (exact) mass is 206 g/mol. The Balaban J connectivity index is 2.43. The Morgan fingerprint density at radius 1 is 1.43 bits per heavy atom. The Bertz CT molecular complexity index is 434. The zero-order chi connectivity index (χ0) is 9.97. The third-order valence-corrected chi connectivity index (χ3v) is 2.58. The number of rotatable bonds is 3. The van der Waals surface area contributed by atoms with E-state index < -0.39 is 0 Å². The van der Waals surface area contributed by atoms with Gasteiger partial charge in [0.15, 0.2) is 0 Å². The van der Waals surface area contributed by atoms with Crippen LogP contribution in [0.3, 0.4) is 0 Å². The molecule has 0 saturated heterocycles. The van der Waals surface area contributed by atoms with Gasteiger partial charge in [0.05, 0.1) is 11.0 Å². The minimum Gasteiger partial charge on any atom is -0.342 e. The molecule has 0 aliphatic rings. The van der Waals surface area contributed by atoms with Crippen molar-refractivity contribution < 1.29 is 0 Å². The van der Waals surface area contributed by atoms with Crippen LogP contribution in [0.25, 0.3) is 11.0 Å². The largest absolute Gasteiger partial charge is 0.342 e. The van der Waals surface area contributed by atoms with Gasteiger partial charge in [-0.2, -0.15) is 12.6 Å². The molecule has 0 aliphatic heterocycles. The summed E-state index contributed by atoms with van der Waals surface area (Å²) in [6, 6.07) is 6.38. The van der Waals surface area contributed by atoms with E-state index >= 15 is 0 Å². The normalized spacial score (nSPS) is 11.0. The van der Waals surface area contributed by atoms with E-state index in [1.165, 1.54) is 5.56 Å². The minimum absolute atomic E-state index is 0.834. The first kappa shape index (κ1) is 9.59. The predicted octanol–water partition coefficient (Wildman–Crippen LogP) is 2.60. The molecule has 0 saturated carbocycles. The molecule has 3 heteroatoms. The van der Waals surface area contributed by atoms with Crippen molar-refractivity contribution in [2.75, 3.05) is 5.75 Å². The van der Waals surface area contributed by atoms with Crippen molar-refractivity contribution >= 4 is 23.7 Å². The van der Waals surface area contributed by atoms with E-state index in [0.717, 1.165) is 35.5 Å². The van der Waals surface area contributed by atoms with Gasteiger partial charge in [0.2, 0.25) is 0 Å². The minimum atomic E-state index is 0.834.